The number of carboxylic acids is 1. The molecular weight excluding hydrogens is 502 g/mol. The predicted octanol–water partition coefficient (Wildman–Crippen LogP) is 4.87. The fourth-order valence-corrected chi connectivity index (χ4v) is 3.27. The number of benzene rings is 1. The Morgan fingerprint density at radius 2 is 1.37 bits per heavy atom. The minimum Gasteiger partial charge on any atom is -0.480 e. The van der Waals surface area contributed by atoms with E-state index in [2.05, 4.69) is 0 Å². The molecule has 12 nitrogen and oxygen atoms in total. The van der Waals surface area contributed by atoms with Crippen LogP contribution in [0.2, 0.25) is 0 Å². The van der Waals surface area contributed by atoms with Gasteiger partial charge in [0.05, 0.1) is 25.4 Å². The summed E-state index contributed by atoms with van der Waals surface area (Å²) in [6.45, 7) is 12.1. The van der Waals surface area contributed by atoms with E-state index in [1.54, 1.807) is 34.6 Å². The van der Waals surface area contributed by atoms with E-state index in [1.807, 2.05) is 13.8 Å². The number of hydrogen-bond donors (Lipinski definition) is 2. The quantitative estimate of drug-likeness (QED) is 0.198. The molecule has 0 aliphatic carbocycles. The minimum atomic E-state index is -1.42. The molecule has 3 atom stereocenters. The molecule has 0 amide bonds. The lowest BCUT2D eigenvalue weighted by atomic mass is 9.82. The molecule has 0 aliphatic rings. The second kappa shape index (κ2) is 15.7. The zero-order valence-electron chi connectivity index (χ0n) is 22.9. The lowest BCUT2D eigenvalue weighted by Gasteiger charge is -2.28. The monoisotopic (exact) mass is 541 g/mol. The van der Waals surface area contributed by atoms with Crippen LogP contribution in [0.3, 0.4) is 0 Å². The molecule has 1 aromatic rings. The molecule has 0 saturated carbocycles. The average Bonchev–Trinajstić information content (AvgIpc) is 2.78. The second-order valence-corrected chi connectivity index (χ2v) is 9.70. The van der Waals surface area contributed by atoms with E-state index in [0.29, 0.717) is 17.9 Å². The number of ether oxygens (including phenoxy) is 6. The van der Waals surface area contributed by atoms with Crippen molar-refractivity contribution in [2.45, 2.75) is 79.1 Å². The fraction of sp³-hybridized carbons (Fsp3) is 0.615. The SMILES string of the molecule is CC(C)CCOC(=O)OCC(C)C(c1ccc(OC(=O)OC(C)C)c(OC(=O)OC(C)C)c1)[C@H](N)C(=O)O. The molecule has 0 bridgehead atoms. The van der Waals surface area contributed by atoms with Crippen molar-refractivity contribution in [3.05, 3.63) is 23.8 Å². The highest BCUT2D eigenvalue weighted by atomic mass is 16.8. The van der Waals surface area contributed by atoms with Gasteiger partial charge in [0.1, 0.15) is 6.04 Å². The first kappa shape index (κ1) is 32.5. The fourth-order valence-electron chi connectivity index (χ4n) is 3.27. The lowest BCUT2D eigenvalue weighted by Crippen LogP contribution is -2.40. The van der Waals surface area contributed by atoms with Crippen molar-refractivity contribution >= 4 is 24.4 Å². The van der Waals surface area contributed by atoms with Crippen LogP contribution < -0.4 is 15.2 Å². The molecule has 2 unspecified atom stereocenters. The topological polar surface area (TPSA) is 170 Å². The minimum absolute atomic E-state index is 0.166. The number of nitrogens with two attached hydrogens (primary N) is 1. The number of carbonyl (C=O) groups is 4. The Hall–Kier alpha value is -3.54. The summed E-state index contributed by atoms with van der Waals surface area (Å²) in [5.74, 6) is -2.86. The molecule has 0 spiro atoms. The third-order valence-electron chi connectivity index (χ3n) is 5.07. The van der Waals surface area contributed by atoms with Crippen LogP contribution in [0.1, 0.15) is 66.4 Å². The van der Waals surface area contributed by atoms with Crippen LogP contribution >= 0.6 is 0 Å². The maximum Gasteiger partial charge on any atom is 0.514 e. The van der Waals surface area contributed by atoms with Crippen molar-refractivity contribution in [2.75, 3.05) is 13.2 Å². The highest BCUT2D eigenvalue weighted by Crippen LogP contribution is 2.36. The van der Waals surface area contributed by atoms with Crippen LogP contribution in [0.4, 0.5) is 14.4 Å². The molecule has 1 aromatic carbocycles. The molecule has 0 aliphatic heterocycles. The van der Waals surface area contributed by atoms with Crippen LogP contribution in [0.25, 0.3) is 0 Å². The molecule has 1 rings (SSSR count). The van der Waals surface area contributed by atoms with Gasteiger partial charge in [-0.1, -0.05) is 26.8 Å². The molecule has 0 heterocycles. The van der Waals surface area contributed by atoms with Crippen LogP contribution in [-0.4, -0.2) is 61.0 Å². The third kappa shape index (κ3) is 11.7. The first-order valence-corrected chi connectivity index (χ1v) is 12.4. The van der Waals surface area contributed by atoms with Gasteiger partial charge >= 0.3 is 24.4 Å². The van der Waals surface area contributed by atoms with E-state index in [4.69, 9.17) is 34.2 Å². The Labute approximate surface area is 222 Å². The van der Waals surface area contributed by atoms with E-state index < -0.39 is 54.5 Å². The average molecular weight is 542 g/mol. The summed E-state index contributed by atoms with van der Waals surface area (Å²) in [6, 6.07) is 2.66. The summed E-state index contributed by atoms with van der Waals surface area (Å²) in [5.41, 5.74) is 6.32. The Kier molecular flexibility index (Phi) is 13.4. The van der Waals surface area contributed by atoms with Crippen molar-refractivity contribution in [3.8, 4) is 11.5 Å². The molecular formula is C26H39NO11. The van der Waals surface area contributed by atoms with Crippen LogP contribution in [0, 0.1) is 11.8 Å². The summed E-state index contributed by atoms with van der Waals surface area (Å²) in [4.78, 5) is 48.0. The summed E-state index contributed by atoms with van der Waals surface area (Å²) in [7, 11) is 0. The number of hydrogen-bond acceptors (Lipinski definition) is 11. The molecule has 3 N–H and O–H groups in total. The van der Waals surface area contributed by atoms with Gasteiger partial charge in [-0.2, -0.15) is 0 Å². The number of aliphatic carboxylic acids is 1. The first-order chi connectivity index (χ1) is 17.7. The molecule has 12 heteroatoms. The maximum atomic E-state index is 12.2. The highest BCUT2D eigenvalue weighted by Gasteiger charge is 2.33. The van der Waals surface area contributed by atoms with Gasteiger partial charge in [0.15, 0.2) is 11.5 Å². The van der Waals surface area contributed by atoms with Gasteiger partial charge in [0.25, 0.3) is 0 Å². The van der Waals surface area contributed by atoms with Gasteiger partial charge in [0.2, 0.25) is 0 Å². The first-order valence-electron chi connectivity index (χ1n) is 12.4. The van der Waals surface area contributed by atoms with E-state index in [0.717, 1.165) is 0 Å². The predicted molar refractivity (Wildman–Crippen MR) is 135 cm³/mol. The maximum absolute atomic E-state index is 12.2. The van der Waals surface area contributed by atoms with E-state index in [1.165, 1.54) is 18.2 Å². The number of rotatable bonds is 13. The molecule has 0 fully saturated rings. The highest BCUT2D eigenvalue weighted by molar-refractivity contribution is 5.75. The van der Waals surface area contributed by atoms with E-state index in [9.17, 15) is 24.3 Å². The third-order valence-corrected chi connectivity index (χ3v) is 5.07. The number of carboxylic acid groups (broad SMARTS) is 1. The van der Waals surface area contributed by atoms with Gasteiger partial charge in [-0.15, -0.1) is 0 Å². The molecule has 0 radical (unpaired) electrons. The summed E-state index contributed by atoms with van der Waals surface area (Å²) >= 11 is 0. The zero-order chi connectivity index (χ0) is 29.0. The summed E-state index contributed by atoms with van der Waals surface area (Å²) in [5, 5.41) is 9.63. The largest absolute Gasteiger partial charge is 0.514 e. The standard InChI is InChI=1S/C26H39NO11/c1-14(2)10-11-33-24(30)34-13-17(7)21(22(27)23(28)29)18-8-9-19(37-25(31)35-15(3)4)20(12-18)38-26(32)36-16(5)6/h8-9,12,14-17,21-22H,10-11,13,27H2,1-7H3,(H,28,29)/t17?,21?,22-/m0/s1. The van der Waals surface area contributed by atoms with Crippen molar-refractivity contribution in [1.29, 1.82) is 0 Å². The number of carbonyl (C=O) groups excluding carboxylic acids is 3. The molecule has 0 aromatic heterocycles. The van der Waals surface area contributed by atoms with E-state index in [-0.39, 0.29) is 24.7 Å². The van der Waals surface area contributed by atoms with Crippen LogP contribution in [0.5, 0.6) is 11.5 Å². The normalized spacial score (nSPS) is 13.4. The molecule has 214 valence electrons. The van der Waals surface area contributed by atoms with Crippen LogP contribution in [-0.2, 0) is 23.7 Å². The molecule has 38 heavy (non-hydrogen) atoms. The van der Waals surface area contributed by atoms with Gasteiger partial charge in [-0.3, -0.25) is 4.79 Å². The second-order valence-electron chi connectivity index (χ2n) is 9.70. The zero-order valence-corrected chi connectivity index (χ0v) is 22.9. The Balaban J connectivity index is 3.25. The lowest BCUT2D eigenvalue weighted by molar-refractivity contribution is -0.139. The van der Waals surface area contributed by atoms with Crippen molar-refractivity contribution < 1.29 is 52.7 Å². The smallest absolute Gasteiger partial charge is 0.480 e. The molecule has 0 saturated heterocycles. The Bertz CT molecular complexity index is 945. The Morgan fingerprint density at radius 1 is 0.816 bits per heavy atom. The van der Waals surface area contributed by atoms with E-state index >= 15 is 0 Å². The van der Waals surface area contributed by atoms with Gasteiger partial charge in [-0.25, -0.2) is 14.4 Å². The van der Waals surface area contributed by atoms with Gasteiger partial charge in [-0.05, 0) is 63.6 Å². The van der Waals surface area contributed by atoms with Crippen LogP contribution in [0.15, 0.2) is 18.2 Å². The summed E-state index contributed by atoms with van der Waals surface area (Å²) in [6.07, 6.45) is -3.28. The van der Waals surface area contributed by atoms with Crippen molar-refractivity contribution in [2.24, 2.45) is 17.6 Å². The van der Waals surface area contributed by atoms with Crippen molar-refractivity contribution in [1.82, 2.24) is 0 Å². The van der Waals surface area contributed by atoms with Gasteiger partial charge < -0.3 is 39.3 Å². The van der Waals surface area contributed by atoms with Crippen molar-refractivity contribution in [3.63, 3.8) is 0 Å². The Morgan fingerprint density at radius 3 is 1.87 bits per heavy atom. The summed E-state index contributed by atoms with van der Waals surface area (Å²) < 4.78 is 30.6. The van der Waals surface area contributed by atoms with Gasteiger partial charge in [0, 0.05) is 5.92 Å².